The van der Waals surface area contributed by atoms with Gasteiger partial charge in [0.1, 0.15) is 6.04 Å². The molecule has 0 aromatic carbocycles. The second kappa shape index (κ2) is 4.75. The van der Waals surface area contributed by atoms with Gasteiger partial charge in [-0.15, -0.1) is 11.8 Å². The molecule has 0 aromatic heterocycles. The summed E-state index contributed by atoms with van der Waals surface area (Å²) in [5.74, 6) is 1.02. The van der Waals surface area contributed by atoms with Crippen LogP contribution in [0.5, 0.6) is 0 Å². The number of thioether (sulfide) groups is 1. The van der Waals surface area contributed by atoms with Gasteiger partial charge in [0.15, 0.2) is 0 Å². The monoisotopic (exact) mass is 265 g/mol. The average Bonchev–Trinajstić information content (AvgIpc) is 3.11. The Kier molecular flexibility index (Phi) is 3.25. The first-order chi connectivity index (χ1) is 8.74. The van der Waals surface area contributed by atoms with E-state index < -0.39 is 0 Å². The molecule has 1 aliphatic carbocycles. The number of nitriles is 1. The Morgan fingerprint density at radius 1 is 1.39 bits per heavy atom. The van der Waals surface area contributed by atoms with Crippen molar-refractivity contribution >= 4 is 17.7 Å². The molecule has 0 unspecified atom stereocenters. The number of carbonyl (C=O) groups excluding carboxylic acids is 1. The van der Waals surface area contributed by atoms with Crippen molar-refractivity contribution in [1.82, 2.24) is 10.2 Å². The molecule has 0 radical (unpaired) electrons. The zero-order chi connectivity index (χ0) is 12.6. The van der Waals surface area contributed by atoms with Crippen molar-refractivity contribution < 1.29 is 4.79 Å². The van der Waals surface area contributed by atoms with E-state index in [1.165, 1.54) is 25.7 Å². The van der Waals surface area contributed by atoms with Crippen LogP contribution in [0.3, 0.4) is 0 Å². The van der Waals surface area contributed by atoms with Gasteiger partial charge in [0.05, 0.1) is 17.0 Å². The van der Waals surface area contributed by atoms with Crippen LogP contribution in [0.2, 0.25) is 0 Å². The summed E-state index contributed by atoms with van der Waals surface area (Å²) in [5, 5.41) is 12.6. The van der Waals surface area contributed by atoms with Gasteiger partial charge in [0.25, 0.3) is 0 Å². The maximum atomic E-state index is 12.5. The lowest BCUT2D eigenvalue weighted by Crippen LogP contribution is -2.50. The molecule has 1 spiro atoms. The highest BCUT2D eigenvalue weighted by atomic mass is 32.2. The van der Waals surface area contributed by atoms with Gasteiger partial charge in [-0.25, -0.2) is 0 Å². The second-order valence-corrected chi connectivity index (χ2v) is 6.93. The summed E-state index contributed by atoms with van der Waals surface area (Å²) in [7, 11) is 0. The molecular weight excluding hydrogens is 246 g/mol. The van der Waals surface area contributed by atoms with Crippen LogP contribution in [0.15, 0.2) is 0 Å². The summed E-state index contributed by atoms with van der Waals surface area (Å²) < 4.78 is 0. The number of hydrogen-bond donors (Lipinski definition) is 1. The van der Waals surface area contributed by atoms with Gasteiger partial charge in [0.2, 0.25) is 5.91 Å². The maximum absolute atomic E-state index is 12.5. The molecule has 2 saturated heterocycles. The lowest BCUT2D eigenvalue weighted by molar-refractivity contribution is -0.132. The fourth-order valence-electron chi connectivity index (χ4n) is 3.38. The van der Waals surface area contributed by atoms with Crippen LogP contribution in [0.25, 0.3) is 0 Å². The third-order valence-electron chi connectivity index (χ3n) is 4.36. The van der Waals surface area contributed by atoms with Crippen LogP contribution in [-0.2, 0) is 4.79 Å². The van der Waals surface area contributed by atoms with E-state index in [1.54, 1.807) is 4.90 Å². The van der Waals surface area contributed by atoms with Gasteiger partial charge in [-0.05, 0) is 25.7 Å². The van der Waals surface area contributed by atoms with Gasteiger partial charge in [-0.3, -0.25) is 10.1 Å². The van der Waals surface area contributed by atoms with E-state index in [2.05, 4.69) is 11.4 Å². The van der Waals surface area contributed by atoms with Crippen LogP contribution < -0.4 is 5.32 Å². The number of likely N-dealkylation sites (tertiary alicyclic amines) is 1. The summed E-state index contributed by atoms with van der Waals surface area (Å²) in [5.41, 5.74) is 0. The maximum Gasteiger partial charge on any atom is 0.241 e. The topological polar surface area (TPSA) is 56.1 Å². The van der Waals surface area contributed by atoms with Crippen molar-refractivity contribution in [3.8, 4) is 6.07 Å². The Balaban J connectivity index is 1.66. The minimum absolute atomic E-state index is 0.0675. The highest BCUT2D eigenvalue weighted by molar-refractivity contribution is 8.01. The Bertz CT molecular complexity index is 386. The molecule has 5 heteroatoms. The highest BCUT2D eigenvalue weighted by Gasteiger charge is 2.45. The van der Waals surface area contributed by atoms with Crippen molar-refractivity contribution in [3.05, 3.63) is 0 Å². The molecule has 3 rings (SSSR count). The Morgan fingerprint density at radius 3 is 2.89 bits per heavy atom. The van der Waals surface area contributed by atoms with E-state index in [0.29, 0.717) is 0 Å². The second-order valence-electron chi connectivity index (χ2n) is 5.53. The molecule has 1 N–H and O–H groups in total. The summed E-state index contributed by atoms with van der Waals surface area (Å²) in [6.45, 7) is 0.757. The lowest BCUT2D eigenvalue weighted by Gasteiger charge is -2.26. The van der Waals surface area contributed by atoms with Crippen molar-refractivity contribution in [1.29, 1.82) is 5.26 Å². The van der Waals surface area contributed by atoms with E-state index in [1.807, 2.05) is 11.8 Å². The predicted octanol–water partition coefficient (Wildman–Crippen LogP) is 1.48. The third kappa shape index (κ3) is 2.02. The smallest absolute Gasteiger partial charge is 0.241 e. The first-order valence-corrected chi connectivity index (χ1v) is 7.84. The van der Waals surface area contributed by atoms with Crippen LogP contribution in [0.1, 0.15) is 38.5 Å². The van der Waals surface area contributed by atoms with Crippen LogP contribution in [0.4, 0.5) is 0 Å². The van der Waals surface area contributed by atoms with E-state index in [4.69, 9.17) is 5.26 Å². The van der Waals surface area contributed by atoms with Gasteiger partial charge in [0, 0.05) is 12.3 Å². The molecule has 2 atom stereocenters. The van der Waals surface area contributed by atoms with Gasteiger partial charge in [-0.1, -0.05) is 12.8 Å². The molecule has 1 amide bonds. The SMILES string of the molecule is N#C[C@@H]1CCCN1C(=O)[C@@H]1CSC2(CCCC2)N1. The fraction of sp³-hybridized carbons (Fsp3) is 0.846. The van der Waals surface area contributed by atoms with Crippen molar-refractivity contribution in [2.45, 2.75) is 55.5 Å². The number of carbonyl (C=O) groups is 1. The molecule has 0 aromatic rings. The van der Waals surface area contributed by atoms with Crippen molar-refractivity contribution in [2.75, 3.05) is 12.3 Å². The van der Waals surface area contributed by atoms with Gasteiger partial charge >= 0.3 is 0 Å². The summed E-state index contributed by atoms with van der Waals surface area (Å²) >= 11 is 1.91. The molecule has 3 aliphatic rings. The molecule has 98 valence electrons. The standard InChI is InChI=1S/C13H19N3OS/c14-8-10-4-3-7-16(10)12(17)11-9-18-13(15-11)5-1-2-6-13/h10-11,15H,1-7,9H2/t10-,11-/m0/s1. The quantitative estimate of drug-likeness (QED) is 0.780. The largest absolute Gasteiger partial charge is 0.325 e. The lowest BCUT2D eigenvalue weighted by atomic mass is 10.2. The Morgan fingerprint density at radius 2 is 2.17 bits per heavy atom. The molecule has 18 heavy (non-hydrogen) atoms. The van der Waals surface area contributed by atoms with Gasteiger partial charge < -0.3 is 4.90 Å². The number of amides is 1. The number of hydrogen-bond acceptors (Lipinski definition) is 4. The normalized spacial score (nSPS) is 34.1. The number of nitrogens with one attached hydrogen (secondary N) is 1. The first kappa shape index (κ1) is 12.3. The molecule has 4 nitrogen and oxygen atoms in total. The molecule has 1 saturated carbocycles. The van der Waals surface area contributed by atoms with Crippen LogP contribution >= 0.6 is 11.8 Å². The number of rotatable bonds is 1. The zero-order valence-corrected chi connectivity index (χ0v) is 11.3. The van der Waals surface area contributed by atoms with Gasteiger partial charge in [-0.2, -0.15) is 5.26 Å². The third-order valence-corrected chi connectivity index (χ3v) is 5.94. The van der Waals surface area contributed by atoms with Crippen molar-refractivity contribution in [3.63, 3.8) is 0 Å². The van der Waals surface area contributed by atoms with Crippen LogP contribution in [-0.4, -0.2) is 40.1 Å². The summed E-state index contributed by atoms with van der Waals surface area (Å²) in [6, 6.07) is 1.99. The Labute approximate surface area is 112 Å². The molecule has 2 aliphatic heterocycles. The number of nitrogens with zero attached hydrogens (tertiary/aromatic N) is 2. The molecular formula is C13H19N3OS. The zero-order valence-electron chi connectivity index (χ0n) is 10.5. The predicted molar refractivity (Wildman–Crippen MR) is 70.9 cm³/mol. The first-order valence-electron chi connectivity index (χ1n) is 6.86. The van der Waals surface area contributed by atoms with E-state index in [-0.39, 0.29) is 22.9 Å². The van der Waals surface area contributed by atoms with Crippen molar-refractivity contribution in [2.24, 2.45) is 0 Å². The average molecular weight is 265 g/mol. The Hall–Kier alpha value is -0.730. The van der Waals surface area contributed by atoms with Crippen LogP contribution in [0, 0.1) is 11.3 Å². The fourth-order valence-corrected chi connectivity index (χ4v) is 4.89. The minimum Gasteiger partial charge on any atom is -0.325 e. The minimum atomic E-state index is -0.190. The highest BCUT2D eigenvalue weighted by Crippen LogP contribution is 2.44. The van der Waals surface area contributed by atoms with E-state index in [0.717, 1.165) is 25.1 Å². The molecule has 2 heterocycles. The van der Waals surface area contributed by atoms with E-state index in [9.17, 15) is 4.79 Å². The summed E-state index contributed by atoms with van der Waals surface area (Å²) in [6.07, 6.45) is 6.71. The molecule has 0 bridgehead atoms. The van der Waals surface area contributed by atoms with E-state index >= 15 is 0 Å². The summed E-state index contributed by atoms with van der Waals surface area (Å²) in [4.78, 5) is 14.4. The molecule has 3 fully saturated rings.